The van der Waals surface area contributed by atoms with Crippen molar-refractivity contribution in [2.45, 2.75) is 31.1 Å². The molecule has 1 unspecified atom stereocenters. The van der Waals surface area contributed by atoms with Gasteiger partial charge in [0.05, 0.1) is 35.0 Å². The van der Waals surface area contributed by atoms with Gasteiger partial charge in [0.15, 0.2) is 9.84 Å². The van der Waals surface area contributed by atoms with E-state index in [2.05, 4.69) is 30.5 Å². The van der Waals surface area contributed by atoms with Crippen molar-refractivity contribution < 1.29 is 17.6 Å². The quantitative estimate of drug-likeness (QED) is 0.167. The van der Waals surface area contributed by atoms with E-state index in [0.29, 0.717) is 28.2 Å². The summed E-state index contributed by atoms with van der Waals surface area (Å²) in [4.78, 5) is 25.0. The third-order valence-corrected chi connectivity index (χ3v) is 9.61. The van der Waals surface area contributed by atoms with Gasteiger partial charge in [-0.15, -0.1) is 0 Å². The van der Waals surface area contributed by atoms with E-state index in [-0.39, 0.29) is 17.4 Å². The molecule has 7 rings (SSSR count). The number of benzene rings is 2. The predicted octanol–water partition coefficient (Wildman–Crippen LogP) is 6.10. The van der Waals surface area contributed by atoms with Crippen molar-refractivity contribution in [3.63, 3.8) is 0 Å². The van der Waals surface area contributed by atoms with Crippen LogP contribution in [-0.4, -0.2) is 45.7 Å². The Morgan fingerprint density at radius 3 is 2.62 bits per heavy atom. The molecule has 1 aliphatic carbocycles. The maximum Gasteiger partial charge on any atom is 0.227 e. The maximum atomic E-state index is 14.7. The summed E-state index contributed by atoms with van der Waals surface area (Å²) in [7, 11) is -3.63. The lowest BCUT2D eigenvalue weighted by atomic mass is 9.99. The molecule has 45 heavy (non-hydrogen) atoms. The zero-order valence-electron chi connectivity index (χ0n) is 24.3. The van der Waals surface area contributed by atoms with E-state index in [0.717, 1.165) is 71.1 Å². The number of pyridine rings is 2. The number of hydrogen-bond donors (Lipinski definition) is 4. The fraction of sp³-hybridized carbons (Fsp3) is 0.212. The van der Waals surface area contributed by atoms with Crippen LogP contribution in [0.5, 0.6) is 0 Å². The minimum absolute atomic E-state index is 0.0258. The monoisotopic (exact) mass is 623 g/mol. The second-order valence-electron chi connectivity index (χ2n) is 11.6. The largest absolute Gasteiger partial charge is 0.353 e. The molecule has 12 heteroatoms. The van der Waals surface area contributed by atoms with Gasteiger partial charge in [0.1, 0.15) is 16.9 Å². The van der Waals surface area contributed by atoms with E-state index in [4.69, 9.17) is 5.73 Å². The first-order valence-electron chi connectivity index (χ1n) is 14.6. The summed E-state index contributed by atoms with van der Waals surface area (Å²) in [5, 5.41) is 10.9. The van der Waals surface area contributed by atoms with Crippen LogP contribution >= 0.6 is 0 Å². The molecule has 0 radical (unpaired) electrons. The number of nitrogens with one attached hydrogen (secondary N) is 3. The molecular formula is C33H30FN7O3S. The first kappa shape index (κ1) is 28.8. The molecule has 6 aromatic rings. The number of nitrogens with two attached hydrogens (primary N) is 1. The zero-order valence-corrected chi connectivity index (χ0v) is 25.2. The Morgan fingerprint density at radius 1 is 1.00 bits per heavy atom. The average molecular weight is 624 g/mol. The first-order valence-corrected chi connectivity index (χ1v) is 16.6. The maximum absolute atomic E-state index is 14.7. The lowest BCUT2D eigenvalue weighted by Gasteiger charge is -2.12. The third kappa shape index (κ3) is 5.58. The van der Waals surface area contributed by atoms with Crippen molar-refractivity contribution in [3.05, 3.63) is 84.6 Å². The Labute approximate surface area is 258 Å². The van der Waals surface area contributed by atoms with Crippen molar-refractivity contribution in [2.75, 3.05) is 11.6 Å². The number of anilines is 1. The topological polar surface area (TPSA) is 160 Å². The molecular weight excluding hydrogens is 593 g/mol. The highest BCUT2D eigenvalue weighted by molar-refractivity contribution is 7.90. The lowest BCUT2D eigenvalue weighted by Crippen LogP contribution is -2.20. The Hall–Kier alpha value is -4.94. The van der Waals surface area contributed by atoms with Crippen LogP contribution in [0, 0.1) is 11.7 Å². The van der Waals surface area contributed by atoms with Gasteiger partial charge in [-0.3, -0.25) is 19.9 Å². The summed E-state index contributed by atoms with van der Waals surface area (Å²) in [6.07, 6.45) is 10.1. The molecule has 228 valence electrons. The molecule has 5 N–H and O–H groups in total. The summed E-state index contributed by atoms with van der Waals surface area (Å²) < 4.78 is 38.9. The number of H-pyrrole nitrogens is 2. The number of nitrogens with zero attached hydrogens (tertiary/aromatic N) is 3. The number of carbonyl (C=O) groups is 1. The Morgan fingerprint density at radius 2 is 1.82 bits per heavy atom. The van der Waals surface area contributed by atoms with E-state index in [1.165, 1.54) is 6.07 Å². The van der Waals surface area contributed by atoms with Crippen molar-refractivity contribution in [1.82, 2.24) is 25.1 Å². The standard InChI is InChI=1S/C33H30FN7O3S/c1-45(43,44)32(35)20-9-19(10-22(34)11-20)24-7-4-8-27-25(24)13-29(39-27)31-26-14-28(37-17-30(26)40-41-31)21-12-23(16-36-15-21)38-33(42)18-5-2-3-6-18/h4,7-18,32,39H,2-3,5-6,35H2,1H3,(H,38,42)(H,40,41). The van der Waals surface area contributed by atoms with E-state index in [1.807, 2.05) is 36.4 Å². The van der Waals surface area contributed by atoms with Crippen LogP contribution in [0.25, 0.3) is 55.6 Å². The minimum Gasteiger partial charge on any atom is -0.353 e. The fourth-order valence-corrected chi connectivity index (χ4v) is 6.70. The van der Waals surface area contributed by atoms with Gasteiger partial charge in [-0.25, -0.2) is 12.8 Å². The summed E-state index contributed by atoms with van der Waals surface area (Å²) in [5.74, 6) is -0.510. The van der Waals surface area contributed by atoms with Gasteiger partial charge < -0.3 is 16.0 Å². The predicted molar refractivity (Wildman–Crippen MR) is 172 cm³/mol. The number of rotatable bonds is 7. The Balaban J connectivity index is 1.25. The number of sulfone groups is 1. The molecule has 0 spiro atoms. The van der Waals surface area contributed by atoms with Crippen molar-refractivity contribution in [2.24, 2.45) is 11.7 Å². The summed E-state index contributed by atoms with van der Waals surface area (Å²) >= 11 is 0. The molecule has 4 heterocycles. The summed E-state index contributed by atoms with van der Waals surface area (Å²) in [5.41, 5.74) is 12.3. The van der Waals surface area contributed by atoms with Crippen LogP contribution in [0.4, 0.5) is 10.1 Å². The molecule has 0 saturated heterocycles. The number of amides is 1. The molecule has 1 fully saturated rings. The van der Waals surface area contributed by atoms with Gasteiger partial charge in [0.2, 0.25) is 5.91 Å². The summed E-state index contributed by atoms with van der Waals surface area (Å²) in [6, 6.07) is 15.4. The number of hydrogen-bond acceptors (Lipinski definition) is 7. The van der Waals surface area contributed by atoms with Crippen molar-refractivity contribution in [1.29, 1.82) is 0 Å². The molecule has 1 atom stereocenters. The highest BCUT2D eigenvalue weighted by atomic mass is 32.2. The van der Waals surface area contributed by atoms with Gasteiger partial charge in [0.25, 0.3) is 0 Å². The molecule has 4 aromatic heterocycles. The zero-order chi connectivity index (χ0) is 31.3. The molecule has 1 saturated carbocycles. The van der Waals surface area contributed by atoms with E-state index >= 15 is 0 Å². The Bertz CT molecular complexity index is 2200. The van der Waals surface area contributed by atoms with E-state index in [1.54, 1.807) is 24.7 Å². The molecule has 1 amide bonds. The van der Waals surface area contributed by atoms with Crippen LogP contribution in [0.2, 0.25) is 0 Å². The molecule has 10 nitrogen and oxygen atoms in total. The van der Waals surface area contributed by atoms with Crippen molar-refractivity contribution in [3.8, 4) is 33.8 Å². The highest BCUT2D eigenvalue weighted by Gasteiger charge is 2.23. The Kier molecular flexibility index (Phi) is 7.17. The van der Waals surface area contributed by atoms with Gasteiger partial charge >= 0.3 is 0 Å². The highest BCUT2D eigenvalue weighted by Crippen LogP contribution is 2.36. The van der Waals surface area contributed by atoms with E-state index in [9.17, 15) is 17.6 Å². The number of aromatic amines is 2. The number of halogens is 1. The molecule has 0 bridgehead atoms. The molecule has 1 aliphatic rings. The van der Waals surface area contributed by atoms with Crippen LogP contribution in [-0.2, 0) is 14.6 Å². The normalized spacial score (nSPS) is 14.7. The minimum atomic E-state index is -3.63. The SMILES string of the molecule is CS(=O)(=O)C(N)c1cc(F)cc(-c2cccc3[nH]c(-c4n[nH]c5cnc(-c6cncc(NC(=O)C7CCCC7)c6)cc45)cc23)c1. The van der Waals surface area contributed by atoms with E-state index < -0.39 is 21.0 Å². The molecule has 2 aromatic carbocycles. The number of carbonyl (C=O) groups excluding carboxylic acids is 1. The second kappa shape index (κ2) is 11.2. The average Bonchev–Trinajstić information content (AvgIpc) is 3.79. The number of aromatic nitrogens is 5. The summed E-state index contributed by atoms with van der Waals surface area (Å²) in [6.45, 7) is 0. The van der Waals surface area contributed by atoms with Gasteiger partial charge in [-0.2, -0.15) is 5.10 Å². The smallest absolute Gasteiger partial charge is 0.227 e. The van der Waals surface area contributed by atoms with Crippen LogP contribution < -0.4 is 11.1 Å². The van der Waals surface area contributed by atoms with Crippen LogP contribution in [0.3, 0.4) is 0 Å². The lowest BCUT2D eigenvalue weighted by molar-refractivity contribution is -0.119. The van der Waals surface area contributed by atoms with Gasteiger partial charge in [0, 0.05) is 40.2 Å². The fourth-order valence-electron chi connectivity index (χ4n) is 6.07. The van der Waals surface area contributed by atoms with Crippen molar-refractivity contribution >= 4 is 43.2 Å². The van der Waals surface area contributed by atoms with Crippen LogP contribution in [0.15, 0.2) is 73.2 Å². The van der Waals surface area contributed by atoms with Crippen LogP contribution in [0.1, 0.15) is 36.6 Å². The molecule has 0 aliphatic heterocycles. The number of fused-ring (bicyclic) bond motifs is 2. The first-order chi connectivity index (χ1) is 21.6. The second-order valence-corrected chi connectivity index (χ2v) is 13.8. The van der Waals surface area contributed by atoms with Gasteiger partial charge in [-0.05, 0) is 72.0 Å². The van der Waals surface area contributed by atoms with Gasteiger partial charge in [-0.1, -0.05) is 25.0 Å². The third-order valence-electron chi connectivity index (χ3n) is 8.41.